The van der Waals surface area contributed by atoms with Crippen LogP contribution in [0.1, 0.15) is 27.7 Å². The summed E-state index contributed by atoms with van der Waals surface area (Å²) in [5.74, 6) is 0.0917. The van der Waals surface area contributed by atoms with Crippen molar-refractivity contribution in [2.24, 2.45) is 7.05 Å². The minimum atomic E-state index is 0.0917. The molecule has 1 N–H and O–H groups in total. The van der Waals surface area contributed by atoms with E-state index in [4.69, 9.17) is 0 Å². The van der Waals surface area contributed by atoms with Crippen molar-refractivity contribution < 1.29 is 4.79 Å². The Morgan fingerprint density at radius 2 is 2.00 bits per heavy atom. The molecule has 27 heavy (non-hydrogen) atoms. The number of hydrogen-bond donors (Lipinski definition) is 1. The van der Waals surface area contributed by atoms with Crippen molar-refractivity contribution in [2.45, 2.75) is 25.4 Å². The molecule has 1 atom stereocenters. The van der Waals surface area contributed by atoms with Gasteiger partial charge in [-0.1, -0.05) is 30.3 Å². The Hall–Kier alpha value is -2.37. The van der Waals surface area contributed by atoms with Gasteiger partial charge < -0.3 is 9.88 Å². The number of nitrogens with zero attached hydrogens (tertiary/aromatic N) is 2. The maximum atomic E-state index is 12.4. The minimum Gasteiger partial charge on any atom is -0.354 e. The molecule has 0 saturated carbocycles. The maximum Gasteiger partial charge on any atom is 0.225 e. The van der Waals surface area contributed by atoms with Crippen molar-refractivity contribution in [2.75, 3.05) is 13.1 Å². The fourth-order valence-electron chi connectivity index (χ4n) is 3.87. The predicted octanol–water partition coefficient (Wildman–Crippen LogP) is 3.54. The first kappa shape index (κ1) is 18.0. The highest BCUT2D eigenvalue weighted by Gasteiger charge is 2.26. The smallest absolute Gasteiger partial charge is 0.225 e. The Morgan fingerprint density at radius 1 is 1.15 bits per heavy atom. The van der Waals surface area contributed by atoms with E-state index in [2.05, 4.69) is 64.4 Å². The number of carbonyl (C=O) groups is 1. The second-order valence-electron chi connectivity index (χ2n) is 7.11. The molecule has 3 aromatic rings. The Bertz CT molecular complexity index is 900. The molecule has 0 aliphatic carbocycles. The highest BCUT2D eigenvalue weighted by molar-refractivity contribution is 7.10. The Labute approximate surface area is 164 Å². The fourth-order valence-corrected chi connectivity index (χ4v) is 4.57. The average Bonchev–Trinajstić information content (AvgIpc) is 3.34. The Morgan fingerprint density at radius 3 is 2.74 bits per heavy atom. The molecule has 4 rings (SSSR count). The van der Waals surface area contributed by atoms with Gasteiger partial charge in [-0.3, -0.25) is 9.69 Å². The lowest BCUT2D eigenvalue weighted by Gasteiger charge is -2.36. The number of fused-ring (bicyclic) bond motifs is 1. The van der Waals surface area contributed by atoms with Gasteiger partial charge in [0.25, 0.3) is 0 Å². The second-order valence-corrected chi connectivity index (χ2v) is 8.14. The number of aromatic nitrogens is 1. The zero-order valence-electron chi connectivity index (χ0n) is 15.6. The van der Waals surface area contributed by atoms with Crippen molar-refractivity contribution in [1.29, 1.82) is 0 Å². The normalized spacial score (nSPS) is 15.3. The molecule has 4 nitrogen and oxygen atoms in total. The summed E-state index contributed by atoms with van der Waals surface area (Å²) in [6.07, 6.45) is 3.59. The van der Waals surface area contributed by atoms with Gasteiger partial charge >= 0.3 is 0 Å². The number of carbonyl (C=O) groups excluding carboxylic acids is 1. The third kappa shape index (κ3) is 4.15. The van der Waals surface area contributed by atoms with Gasteiger partial charge in [0, 0.05) is 43.4 Å². The van der Waals surface area contributed by atoms with Gasteiger partial charge in [-0.2, -0.15) is 0 Å². The Balaban J connectivity index is 1.48. The van der Waals surface area contributed by atoms with Crippen LogP contribution in [0.2, 0.25) is 0 Å². The van der Waals surface area contributed by atoms with E-state index in [-0.39, 0.29) is 11.9 Å². The number of hydrogen-bond acceptors (Lipinski definition) is 3. The molecule has 1 aromatic carbocycles. The van der Waals surface area contributed by atoms with Gasteiger partial charge in [0.05, 0.1) is 12.5 Å². The van der Waals surface area contributed by atoms with Crippen LogP contribution in [0.4, 0.5) is 0 Å². The van der Waals surface area contributed by atoms with E-state index in [0.29, 0.717) is 13.0 Å². The Kier molecular flexibility index (Phi) is 5.41. The quantitative estimate of drug-likeness (QED) is 0.711. The molecular weight excluding hydrogens is 354 g/mol. The lowest BCUT2D eigenvalue weighted by Crippen LogP contribution is -2.41. The lowest BCUT2D eigenvalue weighted by atomic mass is 9.98. The molecule has 0 fully saturated rings. The van der Waals surface area contributed by atoms with E-state index in [0.717, 1.165) is 24.4 Å². The van der Waals surface area contributed by atoms with Gasteiger partial charge in [-0.25, -0.2) is 0 Å². The summed E-state index contributed by atoms with van der Waals surface area (Å²) >= 11 is 1.63. The molecule has 0 saturated heterocycles. The molecule has 1 aliphatic heterocycles. The number of amides is 1. The zero-order valence-corrected chi connectivity index (χ0v) is 16.4. The van der Waals surface area contributed by atoms with Gasteiger partial charge in [0.1, 0.15) is 0 Å². The van der Waals surface area contributed by atoms with Gasteiger partial charge in [0.2, 0.25) is 5.91 Å². The minimum absolute atomic E-state index is 0.0917. The molecule has 0 unspecified atom stereocenters. The largest absolute Gasteiger partial charge is 0.354 e. The maximum absolute atomic E-state index is 12.4. The summed E-state index contributed by atoms with van der Waals surface area (Å²) in [6.45, 7) is 2.56. The molecule has 0 bridgehead atoms. The monoisotopic (exact) mass is 379 g/mol. The van der Waals surface area contributed by atoms with Gasteiger partial charge in [0.15, 0.2) is 0 Å². The van der Waals surface area contributed by atoms with Crippen LogP contribution in [-0.4, -0.2) is 28.5 Å². The fraction of sp³-hybridized carbons (Fsp3) is 0.318. The molecular formula is C22H25N3OS. The van der Waals surface area contributed by atoms with E-state index in [1.165, 1.54) is 16.8 Å². The molecule has 0 spiro atoms. The van der Waals surface area contributed by atoms with Crippen molar-refractivity contribution in [3.63, 3.8) is 0 Å². The number of nitrogens with one attached hydrogen (secondary N) is 1. The molecule has 140 valence electrons. The number of benzene rings is 1. The van der Waals surface area contributed by atoms with E-state index < -0.39 is 0 Å². The highest BCUT2D eigenvalue weighted by Crippen LogP contribution is 2.27. The van der Waals surface area contributed by atoms with Gasteiger partial charge in [-0.05, 0) is 41.1 Å². The van der Waals surface area contributed by atoms with Crippen LogP contribution in [0.15, 0.2) is 60.1 Å². The van der Waals surface area contributed by atoms with E-state index in [1.54, 1.807) is 11.3 Å². The van der Waals surface area contributed by atoms with Gasteiger partial charge in [-0.15, -0.1) is 11.3 Å². The van der Waals surface area contributed by atoms with Crippen LogP contribution < -0.4 is 5.32 Å². The summed E-state index contributed by atoms with van der Waals surface area (Å²) in [6, 6.07) is 17.1. The van der Waals surface area contributed by atoms with E-state index in [1.807, 2.05) is 17.5 Å². The lowest BCUT2D eigenvalue weighted by molar-refractivity contribution is -0.120. The molecule has 2 aromatic heterocycles. The van der Waals surface area contributed by atoms with Crippen LogP contribution in [0.3, 0.4) is 0 Å². The van der Waals surface area contributed by atoms with E-state index >= 15 is 0 Å². The molecule has 5 heteroatoms. The zero-order chi connectivity index (χ0) is 18.6. The topological polar surface area (TPSA) is 37.3 Å². The first-order valence-electron chi connectivity index (χ1n) is 9.42. The van der Waals surface area contributed by atoms with Crippen molar-refractivity contribution >= 4 is 17.2 Å². The van der Waals surface area contributed by atoms with Crippen LogP contribution in [0.5, 0.6) is 0 Å². The third-order valence-electron chi connectivity index (χ3n) is 5.33. The average molecular weight is 380 g/mol. The van der Waals surface area contributed by atoms with Crippen LogP contribution >= 0.6 is 11.3 Å². The van der Waals surface area contributed by atoms with Crippen molar-refractivity contribution in [3.8, 4) is 0 Å². The number of aryl methyl sites for hydroxylation is 1. The standard InChI is InChI=1S/C22H25N3OS/c1-24-11-4-9-20(24)21(15-23-22(26)14-19-8-5-13-27-19)25-12-10-17-6-2-3-7-18(17)16-25/h2-9,11,13,21H,10,12,14-16H2,1H3,(H,23,26)/t21-/m0/s1. The number of rotatable bonds is 6. The highest BCUT2D eigenvalue weighted by atomic mass is 32.1. The molecule has 1 amide bonds. The first-order chi connectivity index (χ1) is 13.2. The second kappa shape index (κ2) is 8.11. The molecule has 3 heterocycles. The van der Waals surface area contributed by atoms with E-state index in [9.17, 15) is 4.79 Å². The SMILES string of the molecule is Cn1cccc1[C@H](CNC(=O)Cc1cccs1)N1CCc2ccccc2C1. The molecule has 1 aliphatic rings. The predicted molar refractivity (Wildman–Crippen MR) is 110 cm³/mol. The summed E-state index contributed by atoms with van der Waals surface area (Å²) in [4.78, 5) is 16.0. The summed E-state index contributed by atoms with van der Waals surface area (Å²) < 4.78 is 2.16. The third-order valence-corrected chi connectivity index (χ3v) is 6.21. The summed E-state index contributed by atoms with van der Waals surface area (Å²) in [5.41, 5.74) is 4.08. The van der Waals surface area contributed by atoms with Crippen molar-refractivity contribution in [3.05, 3.63) is 81.8 Å². The van der Waals surface area contributed by atoms with Crippen LogP contribution in [0.25, 0.3) is 0 Å². The molecule has 0 radical (unpaired) electrons. The van der Waals surface area contributed by atoms with Crippen molar-refractivity contribution in [1.82, 2.24) is 14.8 Å². The summed E-state index contributed by atoms with van der Waals surface area (Å²) in [5, 5.41) is 5.18. The first-order valence-corrected chi connectivity index (χ1v) is 10.3. The summed E-state index contributed by atoms with van der Waals surface area (Å²) in [7, 11) is 2.08. The number of thiophene rings is 1. The van der Waals surface area contributed by atoms with Crippen LogP contribution in [-0.2, 0) is 31.2 Å². The van der Waals surface area contributed by atoms with Crippen LogP contribution in [0, 0.1) is 0 Å².